The molecule has 226 valence electrons. The van der Waals surface area contributed by atoms with Gasteiger partial charge in [-0.25, -0.2) is 18.1 Å². The Kier molecular flexibility index (Phi) is 7.07. The van der Waals surface area contributed by atoms with E-state index in [1.807, 2.05) is 60.4 Å². The molecule has 11 heteroatoms. The van der Waals surface area contributed by atoms with Gasteiger partial charge in [0.15, 0.2) is 5.82 Å². The number of carbonyl (C=O) groups excluding carboxylic acids is 1. The van der Waals surface area contributed by atoms with Crippen molar-refractivity contribution in [1.82, 2.24) is 9.78 Å². The third-order valence-corrected chi connectivity index (χ3v) is 10.8. The number of aryl methyl sites for hydroxylation is 1. The number of rotatable bonds is 5. The number of anilines is 2. The number of fused-ring (bicyclic) bond motifs is 4. The summed E-state index contributed by atoms with van der Waals surface area (Å²) < 4.78 is 28.5. The monoisotopic (exact) mass is 655 g/mol. The minimum atomic E-state index is -3.74. The lowest BCUT2D eigenvalue weighted by Crippen LogP contribution is -2.48. The molecule has 4 aromatic carbocycles. The maximum Gasteiger partial charge on any atom is 0.291 e. The average molecular weight is 657 g/mol. The predicted octanol–water partition coefficient (Wildman–Crippen LogP) is 8.04. The van der Waals surface area contributed by atoms with E-state index in [9.17, 15) is 13.2 Å². The van der Waals surface area contributed by atoms with Crippen molar-refractivity contribution < 1.29 is 13.2 Å². The number of nitrogens with one attached hydrogen (secondary N) is 1. The Bertz CT molecular complexity index is 2140. The summed E-state index contributed by atoms with van der Waals surface area (Å²) in [5.41, 5.74) is 5.15. The molecule has 5 aromatic rings. The summed E-state index contributed by atoms with van der Waals surface area (Å²) in [5.74, 6) is 0.531. The van der Waals surface area contributed by atoms with Crippen LogP contribution in [0.2, 0.25) is 10.0 Å². The number of aromatic nitrogens is 2. The fourth-order valence-electron chi connectivity index (χ4n) is 5.88. The highest BCUT2D eigenvalue weighted by molar-refractivity contribution is 7.91. The van der Waals surface area contributed by atoms with Crippen molar-refractivity contribution in [3.8, 4) is 5.69 Å². The molecular weight excluding hydrogens is 629 g/mol. The first kappa shape index (κ1) is 29.3. The van der Waals surface area contributed by atoms with Crippen LogP contribution in [0.15, 0.2) is 106 Å². The zero-order valence-corrected chi connectivity index (χ0v) is 26.8. The van der Waals surface area contributed by atoms with Crippen LogP contribution >= 0.6 is 23.2 Å². The van der Waals surface area contributed by atoms with E-state index in [1.54, 1.807) is 47.1 Å². The molecule has 1 N–H and O–H groups in total. The molecule has 0 saturated heterocycles. The second kappa shape index (κ2) is 10.9. The van der Waals surface area contributed by atoms with Crippen molar-refractivity contribution in [3.05, 3.63) is 123 Å². The normalized spacial score (nSPS) is 15.7. The third-order valence-electron chi connectivity index (χ3n) is 8.19. The van der Waals surface area contributed by atoms with Crippen LogP contribution in [0.3, 0.4) is 0 Å². The standard InChI is InChI=1S/C34H27Cl2N5O3S/c1-19(2)21-11-15-23(16-12-21)45(43,44)24-17-13-22(14-18-24)41-32-29(20(3)39-41)31(25-7-6-8-26(35)30(25)36)40-28-10-5-4-9-27(28)37-34(42)33(40)38-32/h4-19,31H,1-3H3,(H,37,42). The SMILES string of the molecule is Cc1nn(-c2ccc(S(=O)(=O)c3ccc(C(C)C)cc3)cc2)c2c1C(c1cccc(Cl)c1Cl)N1C(=N2)C(=O)Nc2ccccc21. The van der Waals surface area contributed by atoms with E-state index in [0.717, 1.165) is 16.8 Å². The average Bonchev–Trinajstić information content (AvgIpc) is 3.37. The van der Waals surface area contributed by atoms with Crippen LogP contribution in [-0.4, -0.2) is 29.9 Å². The molecule has 3 heterocycles. The number of sulfone groups is 1. The zero-order valence-electron chi connectivity index (χ0n) is 24.5. The number of carbonyl (C=O) groups is 1. The molecule has 1 aromatic heterocycles. The van der Waals surface area contributed by atoms with E-state index in [2.05, 4.69) is 19.2 Å². The van der Waals surface area contributed by atoms with Gasteiger partial charge in [0.05, 0.1) is 48.6 Å². The molecule has 8 nitrogen and oxygen atoms in total. The van der Waals surface area contributed by atoms with Gasteiger partial charge in [0.1, 0.15) is 0 Å². The van der Waals surface area contributed by atoms with Crippen molar-refractivity contribution in [2.24, 2.45) is 4.99 Å². The Labute approximate surface area is 270 Å². The van der Waals surface area contributed by atoms with Gasteiger partial charge in [-0.15, -0.1) is 0 Å². The van der Waals surface area contributed by atoms with Gasteiger partial charge in [-0.2, -0.15) is 5.10 Å². The smallest absolute Gasteiger partial charge is 0.291 e. The van der Waals surface area contributed by atoms with Gasteiger partial charge >= 0.3 is 0 Å². The van der Waals surface area contributed by atoms with E-state index in [4.69, 9.17) is 33.3 Å². The molecule has 2 aliphatic heterocycles. The highest BCUT2D eigenvalue weighted by Crippen LogP contribution is 2.49. The number of nitrogens with zero attached hydrogens (tertiary/aromatic N) is 4. The number of para-hydroxylation sites is 2. The first-order valence-electron chi connectivity index (χ1n) is 14.3. The fourth-order valence-corrected chi connectivity index (χ4v) is 7.55. The van der Waals surface area contributed by atoms with Crippen LogP contribution in [0.25, 0.3) is 5.69 Å². The lowest BCUT2D eigenvalue weighted by molar-refractivity contribution is -0.110. The molecule has 0 bridgehead atoms. The lowest BCUT2D eigenvalue weighted by atomic mass is 9.93. The van der Waals surface area contributed by atoms with Crippen molar-refractivity contribution >= 4 is 62.0 Å². The van der Waals surface area contributed by atoms with Crippen LogP contribution in [0, 0.1) is 6.92 Å². The molecule has 1 unspecified atom stereocenters. The summed E-state index contributed by atoms with van der Waals surface area (Å²) in [6.45, 7) is 5.99. The highest BCUT2D eigenvalue weighted by atomic mass is 35.5. The zero-order chi connectivity index (χ0) is 31.6. The van der Waals surface area contributed by atoms with Crippen molar-refractivity contribution in [2.45, 2.75) is 42.5 Å². The van der Waals surface area contributed by atoms with Crippen molar-refractivity contribution in [1.29, 1.82) is 0 Å². The van der Waals surface area contributed by atoms with E-state index in [-0.39, 0.29) is 21.5 Å². The number of halogens is 2. The van der Waals surface area contributed by atoms with Gasteiger partial charge in [-0.05, 0) is 78.6 Å². The number of aliphatic imine (C=N–C) groups is 1. The molecule has 45 heavy (non-hydrogen) atoms. The summed E-state index contributed by atoms with van der Waals surface area (Å²) >= 11 is 13.3. The summed E-state index contributed by atoms with van der Waals surface area (Å²) in [5, 5.41) is 8.52. The first-order valence-corrected chi connectivity index (χ1v) is 16.6. The maximum atomic E-state index is 13.5. The largest absolute Gasteiger partial charge is 0.317 e. The van der Waals surface area contributed by atoms with E-state index in [1.165, 1.54) is 0 Å². The Balaban J connectivity index is 1.36. The third kappa shape index (κ3) is 4.74. The molecule has 0 spiro atoms. The van der Waals surface area contributed by atoms with Gasteiger partial charge in [-0.1, -0.05) is 73.4 Å². The summed E-state index contributed by atoms with van der Waals surface area (Å²) in [7, 11) is -3.74. The summed E-state index contributed by atoms with van der Waals surface area (Å²) in [6, 6.07) is 25.8. The van der Waals surface area contributed by atoms with Gasteiger partial charge in [0.2, 0.25) is 15.7 Å². The summed E-state index contributed by atoms with van der Waals surface area (Å²) in [6.07, 6.45) is 0. The van der Waals surface area contributed by atoms with E-state index in [0.29, 0.717) is 44.4 Å². The molecule has 1 atom stereocenters. The fraction of sp³-hybridized carbons (Fsp3) is 0.147. The van der Waals surface area contributed by atoms with Gasteiger partial charge in [0, 0.05) is 5.56 Å². The Morgan fingerprint density at radius 3 is 2.22 bits per heavy atom. The van der Waals surface area contributed by atoms with Crippen LogP contribution in [0.5, 0.6) is 0 Å². The maximum absolute atomic E-state index is 13.5. The Hall–Kier alpha value is -4.44. The van der Waals surface area contributed by atoms with Gasteiger partial charge in [-0.3, -0.25) is 4.79 Å². The minimum Gasteiger partial charge on any atom is -0.317 e. The van der Waals surface area contributed by atoms with Crippen LogP contribution in [-0.2, 0) is 14.6 Å². The second-order valence-electron chi connectivity index (χ2n) is 11.3. The Morgan fingerprint density at radius 2 is 1.53 bits per heavy atom. The molecule has 2 aliphatic rings. The van der Waals surface area contributed by atoms with Crippen LogP contribution in [0.1, 0.15) is 48.2 Å². The minimum absolute atomic E-state index is 0.158. The number of amidine groups is 1. The lowest BCUT2D eigenvalue weighted by Gasteiger charge is -2.40. The molecule has 1 amide bonds. The van der Waals surface area contributed by atoms with E-state index < -0.39 is 15.9 Å². The number of hydrogen-bond acceptors (Lipinski definition) is 6. The van der Waals surface area contributed by atoms with E-state index >= 15 is 0 Å². The van der Waals surface area contributed by atoms with Crippen LogP contribution < -0.4 is 10.2 Å². The molecule has 0 saturated carbocycles. The predicted molar refractivity (Wildman–Crippen MR) is 177 cm³/mol. The number of benzene rings is 4. The molecule has 0 aliphatic carbocycles. The van der Waals surface area contributed by atoms with Crippen molar-refractivity contribution in [2.75, 3.05) is 10.2 Å². The first-order chi connectivity index (χ1) is 21.6. The molecule has 0 fully saturated rings. The van der Waals surface area contributed by atoms with Crippen molar-refractivity contribution in [3.63, 3.8) is 0 Å². The number of hydrogen-bond donors (Lipinski definition) is 1. The quantitative estimate of drug-likeness (QED) is 0.207. The highest BCUT2D eigenvalue weighted by Gasteiger charge is 2.43. The number of amides is 1. The topological polar surface area (TPSA) is 96.7 Å². The van der Waals surface area contributed by atoms with Gasteiger partial charge in [0.25, 0.3) is 5.91 Å². The molecular formula is C34H27Cl2N5O3S. The van der Waals surface area contributed by atoms with Crippen LogP contribution in [0.4, 0.5) is 17.2 Å². The summed E-state index contributed by atoms with van der Waals surface area (Å²) in [4.78, 5) is 20.6. The molecule has 7 rings (SSSR count). The second-order valence-corrected chi connectivity index (χ2v) is 14.0. The van der Waals surface area contributed by atoms with Gasteiger partial charge < -0.3 is 10.2 Å². The Morgan fingerprint density at radius 1 is 0.867 bits per heavy atom. The molecule has 0 radical (unpaired) electrons.